The molecule has 0 aromatic carbocycles. The fourth-order valence-corrected chi connectivity index (χ4v) is 2.29. The Bertz CT molecular complexity index is 822. The molecule has 0 aliphatic heterocycles. The van der Waals surface area contributed by atoms with Crippen LogP contribution in [0.15, 0.2) is 0 Å². The third-order valence-corrected chi connectivity index (χ3v) is 3.73. The number of nitrogens with zero attached hydrogens (tertiary/aromatic N) is 1. The lowest BCUT2D eigenvalue weighted by molar-refractivity contribution is -0.152. The molecule has 0 radical (unpaired) electrons. The fourth-order valence-electron chi connectivity index (χ4n) is 2.12. The Hall–Kier alpha value is -2.62. The molecule has 11 heteroatoms. The first-order chi connectivity index (χ1) is 13.7. The summed E-state index contributed by atoms with van der Waals surface area (Å²) in [5.74, 6) is -3.20. The Morgan fingerprint density at radius 2 is 1.77 bits per heavy atom. The number of carbonyl (C=O) groups is 3. The first-order valence-corrected chi connectivity index (χ1v) is 9.38. The van der Waals surface area contributed by atoms with Crippen LogP contribution in [0.1, 0.15) is 51.9 Å². The van der Waals surface area contributed by atoms with Crippen LogP contribution in [0.2, 0.25) is 5.15 Å². The van der Waals surface area contributed by atoms with E-state index in [1.54, 1.807) is 27.7 Å². The second-order valence-electron chi connectivity index (χ2n) is 7.78. The molecule has 1 aromatic heterocycles. The molecule has 0 bridgehead atoms. The van der Waals surface area contributed by atoms with Gasteiger partial charge in [0.2, 0.25) is 5.88 Å². The highest BCUT2D eigenvalue weighted by Gasteiger charge is 2.33. The highest BCUT2D eigenvalue weighted by Crippen LogP contribution is 2.34. The Balaban J connectivity index is 3.43. The Morgan fingerprint density at radius 3 is 2.27 bits per heavy atom. The monoisotopic (exact) mass is 448 g/mol. The minimum atomic E-state index is -1.18. The number of nitrogens with one attached hydrogen (secondary N) is 1. The number of hydrogen-bond acceptors (Lipinski definition) is 8. The largest absolute Gasteiger partial charge is 0.476 e. The quantitative estimate of drug-likeness (QED) is 0.378. The van der Waals surface area contributed by atoms with E-state index in [-0.39, 0.29) is 13.2 Å². The molecule has 168 valence electrons. The minimum Gasteiger partial charge on any atom is -0.476 e. The summed E-state index contributed by atoms with van der Waals surface area (Å²) in [6.07, 6.45) is -1.03. The number of carbonyl (C=O) groups excluding carboxylic acids is 3. The van der Waals surface area contributed by atoms with Crippen molar-refractivity contribution in [1.29, 1.82) is 0 Å². The zero-order valence-electron chi connectivity index (χ0n) is 18.0. The van der Waals surface area contributed by atoms with Crippen LogP contribution in [0.3, 0.4) is 0 Å². The molecule has 0 aliphatic rings. The van der Waals surface area contributed by atoms with E-state index < -0.39 is 57.1 Å². The maximum Gasteiger partial charge on any atom is 0.412 e. The second kappa shape index (κ2) is 9.92. The maximum absolute atomic E-state index is 14.7. The zero-order chi connectivity index (χ0) is 23.3. The van der Waals surface area contributed by atoms with E-state index in [4.69, 9.17) is 30.5 Å². The van der Waals surface area contributed by atoms with Crippen molar-refractivity contribution in [2.75, 3.05) is 25.6 Å². The number of pyridine rings is 1. The lowest BCUT2D eigenvalue weighted by Crippen LogP contribution is -2.33. The maximum atomic E-state index is 14.7. The molecule has 1 aromatic rings. The molecule has 0 unspecified atom stereocenters. The van der Waals surface area contributed by atoms with Gasteiger partial charge in [-0.1, -0.05) is 11.6 Å². The van der Waals surface area contributed by atoms with Gasteiger partial charge < -0.3 is 18.9 Å². The van der Waals surface area contributed by atoms with Gasteiger partial charge in [0, 0.05) is 0 Å². The van der Waals surface area contributed by atoms with E-state index in [0.717, 1.165) is 0 Å². The van der Waals surface area contributed by atoms with Crippen LogP contribution in [-0.4, -0.2) is 48.9 Å². The summed E-state index contributed by atoms with van der Waals surface area (Å²) < 4.78 is 34.9. The number of esters is 2. The predicted octanol–water partition coefficient (Wildman–Crippen LogP) is 3.98. The van der Waals surface area contributed by atoms with E-state index in [1.165, 1.54) is 21.0 Å². The van der Waals surface area contributed by atoms with Gasteiger partial charge in [-0.3, -0.25) is 10.1 Å². The average Bonchev–Trinajstić information content (AvgIpc) is 2.61. The molecular formula is C19H26ClFN2O7. The minimum absolute atomic E-state index is 0.0396. The van der Waals surface area contributed by atoms with Crippen LogP contribution >= 0.6 is 11.6 Å². The number of halogens is 2. The van der Waals surface area contributed by atoms with Gasteiger partial charge in [0.15, 0.2) is 11.0 Å². The highest BCUT2D eigenvalue weighted by molar-refractivity contribution is 6.30. The fraction of sp³-hybridized carbons (Fsp3) is 0.579. The number of rotatable bonds is 7. The molecule has 0 aliphatic carbocycles. The first-order valence-electron chi connectivity index (χ1n) is 9.00. The van der Waals surface area contributed by atoms with Gasteiger partial charge in [0.05, 0.1) is 19.1 Å². The Morgan fingerprint density at radius 1 is 1.17 bits per heavy atom. The molecule has 1 rings (SSSR count). The zero-order valence-corrected chi connectivity index (χ0v) is 18.7. The standard InChI is InChI=1S/C19H26ClFN2O7/c1-8-28-15(24)10-12(22-17(26)30-18(2,3)4)11(21)13(20)23-14(10)29-9-19(5,6)16(25)27-7/h8-9H2,1-7H3,(H,22,23,26). The predicted molar refractivity (Wildman–Crippen MR) is 106 cm³/mol. The van der Waals surface area contributed by atoms with E-state index >= 15 is 0 Å². The normalized spacial score (nSPS) is 11.5. The number of anilines is 1. The summed E-state index contributed by atoms with van der Waals surface area (Å²) in [5, 5.41) is 1.49. The molecule has 0 saturated heterocycles. The third kappa shape index (κ3) is 6.72. The van der Waals surface area contributed by atoms with E-state index in [1.807, 2.05) is 0 Å². The number of amides is 1. The van der Waals surface area contributed by atoms with Gasteiger partial charge in [0.25, 0.3) is 0 Å². The summed E-state index contributed by atoms with van der Waals surface area (Å²) in [6.45, 7) is 9.12. The van der Waals surface area contributed by atoms with Crippen LogP contribution < -0.4 is 10.1 Å². The van der Waals surface area contributed by atoms with Crippen molar-refractivity contribution < 1.29 is 37.7 Å². The number of methoxy groups -OCH3 is 1. The molecular weight excluding hydrogens is 423 g/mol. The third-order valence-electron chi connectivity index (χ3n) is 3.48. The van der Waals surface area contributed by atoms with Crippen molar-refractivity contribution in [2.24, 2.45) is 5.41 Å². The number of hydrogen-bond donors (Lipinski definition) is 1. The van der Waals surface area contributed by atoms with Crippen LogP contribution in [-0.2, 0) is 19.0 Å². The van der Waals surface area contributed by atoms with Gasteiger partial charge >= 0.3 is 18.0 Å². The van der Waals surface area contributed by atoms with Crippen LogP contribution in [0.25, 0.3) is 0 Å². The molecule has 9 nitrogen and oxygen atoms in total. The summed E-state index contributed by atoms with van der Waals surface area (Å²) in [5.41, 5.74) is -3.13. The van der Waals surface area contributed by atoms with Gasteiger partial charge in [-0.15, -0.1) is 0 Å². The molecule has 30 heavy (non-hydrogen) atoms. The van der Waals surface area contributed by atoms with Crippen molar-refractivity contribution in [2.45, 2.75) is 47.1 Å². The van der Waals surface area contributed by atoms with E-state index in [2.05, 4.69) is 10.3 Å². The van der Waals surface area contributed by atoms with Gasteiger partial charge in [-0.25, -0.2) is 14.0 Å². The van der Waals surface area contributed by atoms with E-state index in [9.17, 15) is 18.8 Å². The van der Waals surface area contributed by atoms with Crippen molar-refractivity contribution in [3.8, 4) is 5.88 Å². The summed E-state index contributed by atoms with van der Waals surface area (Å²) in [7, 11) is 1.21. The van der Waals surface area contributed by atoms with Crippen LogP contribution in [0.5, 0.6) is 5.88 Å². The van der Waals surface area contributed by atoms with Crippen molar-refractivity contribution in [1.82, 2.24) is 4.98 Å². The van der Waals surface area contributed by atoms with Gasteiger partial charge in [-0.2, -0.15) is 4.98 Å². The lowest BCUT2D eigenvalue weighted by Gasteiger charge is -2.23. The van der Waals surface area contributed by atoms with Crippen LogP contribution in [0.4, 0.5) is 14.9 Å². The second-order valence-corrected chi connectivity index (χ2v) is 8.14. The number of aromatic nitrogens is 1. The van der Waals surface area contributed by atoms with Crippen LogP contribution in [0, 0.1) is 11.2 Å². The Kier molecular flexibility index (Phi) is 8.41. The highest BCUT2D eigenvalue weighted by atomic mass is 35.5. The molecule has 1 heterocycles. The summed E-state index contributed by atoms with van der Waals surface area (Å²) >= 11 is 5.83. The smallest absolute Gasteiger partial charge is 0.412 e. The molecule has 0 fully saturated rings. The number of ether oxygens (including phenoxy) is 4. The van der Waals surface area contributed by atoms with E-state index in [0.29, 0.717) is 0 Å². The van der Waals surface area contributed by atoms with Gasteiger partial charge in [0.1, 0.15) is 23.5 Å². The van der Waals surface area contributed by atoms with Crippen molar-refractivity contribution in [3.63, 3.8) is 0 Å². The summed E-state index contributed by atoms with van der Waals surface area (Å²) in [4.78, 5) is 40.3. The lowest BCUT2D eigenvalue weighted by atomic mass is 9.95. The molecule has 1 amide bonds. The topological polar surface area (TPSA) is 113 Å². The van der Waals surface area contributed by atoms with Crippen molar-refractivity contribution in [3.05, 3.63) is 16.5 Å². The SMILES string of the molecule is CCOC(=O)c1c(OCC(C)(C)C(=O)OC)nc(Cl)c(F)c1NC(=O)OC(C)(C)C. The summed E-state index contributed by atoms with van der Waals surface area (Å²) in [6, 6.07) is 0. The van der Waals surface area contributed by atoms with Crippen molar-refractivity contribution >= 4 is 35.3 Å². The molecule has 0 spiro atoms. The Labute approximate surface area is 179 Å². The first kappa shape index (κ1) is 25.4. The van der Waals surface area contributed by atoms with Gasteiger partial charge in [-0.05, 0) is 41.5 Å². The average molecular weight is 449 g/mol. The molecule has 0 atom stereocenters. The molecule has 0 saturated carbocycles. The molecule has 1 N–H and O–H groups in total.